The third-order valence-electron chi connectivity index (χ3n) is 2.40. The molecular weight excluding hydrogens is 208 g/mol. The van der Waals surface area contributed by atoms with Gasteiger partial charge in [-0.15, -0.1) is 0 Å². The molecule has 0 radical (unpaired) electrons. The van der Waals surface area contributed by atoms with E-state index in [0.717, 1.165) is 17.7 Å². The standard InChI is InChI=1S/C12H14O2S/c1-10-6-8-12(9-7-10)15(13)14-11-4-2-3-5-11/h2-3,6-9,11H,4-5H2,1H3. The first-order chi connectivity index (χ1) is 7.25. The van der Waals surface area contributed by atoms with E-state index in [-0.39, 0.29) is 6.10 Å². The summed E-state index contributed by atoms with van der Waals surface area (Å²) in [4.78, 5) is 0.743. The van der Waals surface area contributed by atoms with Crippen LogP contribution in [-0.4, -0.2) is 10.3 Å². The number of benzene rings is 1. The quantitative estimate of drug-likeness (QED) is 0.735. The number of aryl methyl sites for hydroxylation is 1. The van der Waals surface area contributed by atoms with E-state index in [1.165, 1.54) is 5.56 Å². The zero-order chi connectivity index (χ0) is 10.7. The molecule has 0 bridgehead atoms. The molecule has 2 nitrogen and oxygen atoms in total. The molecule has 0 aliphatic heterocycles. The summed E-state index contributed by atoms with van der Waals surface area (Å²) in [5.41, 5.74) is 1.17. The number of hydrogen-bond acceptors (Lipinski definition) is 2. The monoisotopic (exact) mass is 222 g/mol. The van der Waals surface area contributed by atoms with Gasteiger partial charge in [0.05, 0.1) is 11.0 Å². The van der Waals surface area contributed by atoms with Gasteiger partial charge in [-0.05, 0) is 31.9 Å². The minimum atomic E-state index is -1.32. The van der Waals surface area contributed by atoms with Crippen LogP contribution in [0.2, 0.25) is 0 Å². The Morgan fingerprint density at radius 3 is 2.40 bits per heavy atom. The SMILES string of the molecule is Cc1ccc(S(=O)OC2CC=CC2)cc1. The largest absolute Gasteiger partial charge is 0.283 e. The Bertz CT molecular complexity index is 373. The van der Waals surface area contributed by atoms with Crippen molar-refractivity contribution in [2.45, 2.75) is 30.8 Å². The molecule has 1 aromatic rings. The summed E-state index contributed by atoms with van der Waals surface area (Å²) in [5.74, 6) is 0. The minimum Gasteiger partial charge on any atom is -0.283 e. The Balaban J connectivity index is 1.98. The van der Waals surface area contributed by atoms with Gasteiger partial charge in [0.15, 0.2) is 11.1 Å². The van der Waals surface area contributed by atoms with Crippen LogP contribution >= 0.6 is 0 Å². The molecule has 3 heteroatoms. The maximum absolute atomic E-state index is 11.8. The van der Waals surface area contributed by atoms with Crippen molar-refractivity contribution < 1.29 is 8.39 Å². The predicted molar refractivity (Wildman–Crippen MR) is 60.8 cm³/mol. The van der Waals surface area contributed by atoms with Crippen molar-refractivity contribution in [2.24, 2.45) is 0 Å². The second-order valence-corrected chi connectivity index (χ2v) is 4.84. The molecule has 1 aliphatic carbocycles. The smallest absolute Gasteiger partial charge is 0.189 e. The molecule has 0 aromatic heterocycles. The van der Waals surface area contributed by atoms with Gasteiger partial charge in [0.1, 0.15) is 0 Å². The van der Waals surface area contributed by atoms with Crippen molar-refractivity contribution >= 4 is 11.1 Å². The second-order valence-electron chi connectivity index (χ2n) is 3.71. The van der Waals surface area contributed by atoms with Gasteiger partial charge < -0.3 is 0 Å². The molecule has 0 saturated heterocycles. The molecule has 1 atom stereocenters. The van der Waals surface area contributed by atoms with Crippen molar-refractivity contribution in [3.63, 3.8) is 0 Å². The molecular formula is C12H14O2S. The summed E-state index contributed by atoms with van der Waals surface area (Å²) in [6.45, 7) is 2.01. The maximum atomic E-state index is 11.8. The van der Waals surface area contributed by atoms with Gasteiger partial charge in [0.2, 0.25) is 0 Å². The van der Waals surface area contributed by atoms with Gasteiger partial charge >= 0.3 is 0 Å². The van der Waals surface area contributed by atoms with Crippen LogP contribution in [0.3, 0.4) is 0 Å². The highest BCUT2D eigenvalue weighted by molar-refractivity contribution is 7.80. The third kappa shape index (κ3) is 2.76. The predicted octanol–water partition coefficient (Wildman–Crippen LogP) is 2.75. The van der Waals surface area contributed by atoms with E-state index in [4.69, 9.17) is 4.18 Å². The van der Waals surface area contributed by atoms with Crippen molar-refractivity contribution in [3.8, 4) is 0 Å². The highest BCUT2D eigenvalue weighted by Gasteiger charge is 2.15. The molecule has 0 amide bonds. The fourth-order valence-corrected chi connectivity index (χ4v) is 2.37. The van der Waals surface area contributed by atoms with E-state index < -0.39 is 11.1 Å². The van der Waals surface area contributed by atoms with Crippen LogP contribution in [0.15, 0.2) is 41.3 Å². The molecule has 1 aromatic carbocycles. The Morgan fingerprint density at radius 2 is 1.80 bits per heavy atom. The van der Waals surface area contributed by atoms with E-state index >= 15 is 0 Å². The fraction of sp³-hybridized carbons (Fsp3) is 0.333. The Labute approximate surface area is 92.6 Å². The second kappa shape index (κ2) is 4.73. The molecule has 0 N–H and O–H groups in total. The average molecular weight is 222 g/mol. The summed E-state index contributed by atoms with van der Waals surface area (Å²) in [5, 5.41) is 0. The minimum absolute atomic E-state index is 0.0899. The lowest BCUT2D eigenvalue weighted by Crippen LogP contribution is -2.10. The summed E-state index contributed by atoms with van der Waals surface area (Å²) in [6, 6.07) is 7.61. The van der Waals surface area contributed by atoms with Crippen LogP contribution in [0, 0.1) is 6.92 Å². The first kappa shape index (κ1) is 10.6. The van der Waals surface area contributed by atoms with Crippen molar-refractivity contribution in [1.82, 2.24) is 0 Å². The lowest BCUT2D eigenvalue weighted by atomic mass is 10.2. The summed E-state index contributed by atoms with van der Waals surface area (Å²) in [7, 11) is 0. The van der Waals surface area contributed by atoms with Crippen LogP contribution in [0.5, 0.6) is 0 Å². The zero-order valence-electron chi connectivity index (χ0n) is 8.68. The summed E-state index contributed by atoms with van der Waals surface area (Å²) < 4.78 is 17.2. The Morgan fingerprint density at radius 1 is 1.20 bits per heavy atom. The van der Waals surface area contributed by atoms with Gasteiger partial charge in [-0.3, -0.25) is 4.18 Å². The zero-order valence-corrected chi connectivity index (χ0v) is 9.50. The van der Waals surface area contributed by atoms with Crippen molar-refractivity contribution in [2.75, 3.05) is 0 Å². The molecule has 15 heavy (non-hydrogen) atoms. The lowest BCUT2D eigenvalue weighted by molar-refractivity contribution is 0.242. The van der Waals surface area contributed by atoms with Crippen LogP contribution in [-0.2, 0) is 15.3 Å². The Kier molecular flexibility index (Phi) is 3.34. The third-order valence-corrected chi connectivity index (χ3v) is 3.51. The van der Waals surface area contributed by atoms with Gasteiger partial charge in [0, 0.05) is 0 Å². The van der Waals surface area contributed by atoms with E-state index in [2.05, 4.69) is 12.2 Å². The van der Waals surface area contributed by atoms with E-state index in [1.807, 2.05) is 31.2 Å². The average Bonchev–Trinajstić information content (AvgIpc) is 2.71. The normalized spacial score (nSPS) is 18.2. The highest BCUT2D eigenvalue weighted by atomic mass is 32.2. The molecule has 1 unspecified atom stereocenters. The van der Waals surface area contributed by atoms with Gasteiger partial charge in [-0.25, -0.2) is 4.21 Å². The van der Waals surface area contributed by atoms with Crippen LogP contribution in [0.25, 0.3) is 0 Å². The lowest BCUT2D eigenvalue weighted by Gasteiger charge is -2.09. The van der Waals surface area contributed by atoms with Crippen molar-refractivity contribution in [1.29, 1.82) is 0 Å². The number of hydrogen-bond donors (Lipinski definition) is 0. The summed E-state index contributed by atoms with van der Waals surface area (Å²) >= 11 is -1.32. The molecule has 1 aliphatic rings. The van der Waals surface area contributed by atoms with Gasteiger partial charge in [-0.1, -0.05) is 29.8 Å². The molecule has 80 valence electrons. The van der Waals surface area contributed by atoms with E-state index in [1.54, 1.807) is 0 Å². The first-order valence-electron chi connectivity index (χ1n) is 5.06. The highest BCUT2D eigenvalue weighted by Crippen LogP contribution is 2.18. The molecule has 0 spiro atoms. The van der Waals surface area contributed by atoms with Crippen LogP contribution in [0.1, 0.15) is 18.4 Å². The van der Waals surface area contributed by atoms with Crippen LogP contribution in [0.4, 0.5) is 0 Å². The molecule has 0 fully saturated rings. The summed E-state index contributed by atoms with van der Waals surface area (Å²) in [6.07, 6.45) is 5.97. The Hall–Kier alpha value is -0.930. The molecule has 0 saturated carbocycles. The topological polar surface area (TPSA) is 26.3 Å². The maximum Gasteiger partial charge on any atom is 0.189 e. The fourth-order valence-electron chi connectivity index (χ4n) is 1.50. The van der Waals surface area contributed by atoms with E-state index in [0.29, 0.717) is 0 Å². The van der Waals surface area contributed by atoms with Gasteiger partial charge in [-0.2, -0.15) is 0 Å². The first-order valence-corrected chi connectivity index (χ1v) is 6.14. The molecule has 0 heterocycles. The number of rotatable bonds is 3. The van der Waals surface area contributed by atoms with Gasteiger partial charge in [0.25, 0.3) is 0 Å². The van der Waals surface area contributed by atoms with Crippen molar-refractivity contribution in [3.05, 3.63) is 42.0 Å². The van der Waals surface area contributed by atoms with E-state index in [9.17, 15) is 4.21 Å². The van der Waals surface area contributed by atoms with Crippen LogP contribution < -0.4 is 0 Å². The molecule has 2 rings (SSSR count).